The topological polar surface area (TPSA) is 71.2 Å². The van der Waals surface area contributed by atoms with Crippen molar-refractivity contribution < 1.29 is 14.3 Å². The second kappa shape index (κ2) is 10.1. The van der Waals surface area contributed by atoms with E-state index in [2.05, 4.69) is 14.8 Å². The van der Waals surface area contributed by atoms with Gasteiger partial charge in [0.25, 0.3) is 0 Å². The van der Waals surface area contributed by atoms with Crippen molar-refractivity contribution in [3.05, 3.63) is 58.1 Å². The van der Waals surface area contributed by atoms with Gasteiger partial charge in [0.1, 0.15) is 12.4 Å². The van der Waals surface area contributed by atoms with Crippen LogP contribution in [0.1, 0.15) is 27.6 Å². The van der Waals surface area contributed by atoms with Crippen molar-refractivity contribution in [1.82, 2.24) is 19.3 Å². The molecule has 0 radical (unpaired) electrons. The zero-order chi connectivity index (χ0) is 21.7. The number of carbonyl (C=O) groups excluding carboxylic acids is 1. The Bertz CT molecular complexity index is 1010. The van der Waals surface area contributed by atoms with Gasteiger partial charge in [-0.15, -0.1) is 10.2 Å². The Kier molecular flexibility index (Phi) is 7.58. The van der Waals surface area contributed by atoms with Gasteiger partial charge in [-0.3, -0.25) is 4.79 Å². The van der Waals surface area contributed by atoms with Crippen molar-refractivity contribution >= 4 is 29.1 Å². The Morgan fingerprint density at radius 2 is 1.93 bits per heavy atom. The summed E-state index contributed by atoms with van der Waals surface area (Å²) in [6.07, 6.45) is 0. The molecule has 0 bridgehead atoms. The number of ether oxygens (including phenoxy) is 2. The van der Waals surface area contributed by atoms with Gasteiger partial charge in [-0.05, 0) is 44.2 Å². The van der Waals surface area contributed by atoms with Crippen molar-refractivity contribution in [2.45, 2.75) is 32.2 Å². The Labute approximate surface area is 185 Å². The predicted molar refractivity (Wildman–Crippen MR) is 118 cm³/mol. The number of hydrogen-bond donors (Lipinski definition) is 0. The molecule has 0 aliphatic heterocycles. The highest BCUT2D eigenvalue weighted by atomic mass is 35.5. The van der Waals surface area contributed by atoms with Crippen molar-refractivity contribution in [3.63, 3.8) is 0 Å². The average molecular weight is 449 g/mol. The SMILES string of the molecule is COCCn1c(C)cc(C(=O)CSc2nnc(COc3ccc(Cl)cc3)n2C)c1C. The van der Waals surface area contributed by atoms with Crippen molar-refractivity contribution in [2.24, 2.45) is 7.05 Å². The second-order valence-corrected chi connectivity index (χ2v) is 8.22. The molecule has 0 N–H and O–H groups in total. The van der Waals surface area contributed by atoms with Gasteiger partial charge >= 0.3 is 0 Å². The molecule has 1 aromatic carbocycles. The molecule has 160 valence electrons. The lowest BCUT2D eigenvalue weighted by molar-refractivity contribution is 0.102. The smallest absolute Gasteiger partial charge is 0.191 e. The average Bonchev–Trinajstić information content (AvgIpc) is 3.23. The number of carbonyl (C=O) groups is 1. The van der Waals surface area contributed by atoms with Crippen LogP contribution in [-0.4, -0.2) is 44.6 Å². The van der Waals surface area contributed by atoms with Crippen LogP contribution in [0.4, 0.5) is 0 Å². The molecule has 0 saturated heterocycles. The first-order valence-corrected chi connectivity index (χ1v) is 10.9. The van der Waals surface area contributed by atoms with Gasteiger partial charge in [0.2, 0.25) is 0 Å². The van der Waals surface area contributed by atoms with E-state index in [-0.39, 0.29) is 12.4 Å². The summed E-state index contributed by atoms with van der Waals surface area (Å²) in [5, 5.41) is 9.70. The van der Waals surface area contributed by atoms with Crippen LogP contribution >= 0.6 is 23.4 Å². The molecule has 0 aliphatic rings. The Morgan fingerprint density at radius 1 is 1.20 bits per heavy atom. The number of ketones is 1. The first-order valence-electron chi connectivity index (χ1n) is 9.49. The van der Waals surface area contributed by atoms with E-state index in [1.165, 1.54) is 11.8 Å². The third kappa shape index (κ3) is 5.24. The van der Waals surface area contributed by atoms with Crippen LogP contribution in [-0.2, 0) is 24.9 Å². The van der Waals surface area contributed by atoms with Crippen LogP contribution in [0.15, 0.2) is 35.5 Å². The van der Waals surface area contributed by atoms with Gasteiger partial charge in [-0.2, -0.15) is 0 Å². The van der Waals surface area contributed by atoms with Crippen molar-refractivity contribution in [3.8, 4) is 5.75 Å². The molecule has 0 fully saturated rings. The molecule has 9 heteroatoms. The summed E-state index contributed by atoms with van der Waals surface area (Å²) < 4.78 is 14.8. The summed E-state index contributed by atoms with van der Waals surface area (Å²) in [5.41, 5.74) is 2.76. The van der Waals surface area contributed by atoms with Crippen LogP contribution in [0.2, 0.25) is 5.02 Å². The maximum atomic E-state index is 12.8. The van der Waals surface area contributed by atoms with Crippen molar-refractivity contribution in [2.75, 3.05) is 19.5 Å². The summed E-state index contributed by atoms with van der Waals surface area (Å²) in [5.74, 6) is 1.74. The van der Waals surface area contributed by atoms with E-state index in [9.17, 15) is 4.79 Å². The van der Waals surface area contributed by atoms with Gasteiger partial charge in [-0.25, -0.2) is 0 Å². The number of Topliss-reactive ketones (excluding diaryl/α,β-unsaturated/α-hetero) is 1. The summed E-state index contributed by atoms with van der Waals surface area (Å²) in [4.78, 5) is 12.8. The second-order valence-electron chi connectivity index (χ2n) is 6.84. The number of hydrogen-bond acceptors (Lipinski definition) is 6. The number of halogens is 1. The van der Waals surface area contributed by atoms with E-state index in [1.54, 1.807) is 31.4 Å². The van der Waals surface area contributed by atoms with Crippen molar-refractivity contribution in [1.29, 1.82) is 0 Å². The van der Waals surface area contributed by atoms with Gasteiger partial charge < -0.3 is 18.6 Å². The Morgan fingerprint density at radius 3 is 2.63 bits per heavy atom. The lowest BCUT2D eigenvalue weighted by Crippen LogP contribution is -2.10. The van der Waals surface area contributed by atoms with Gasteiger partial charge in [0, 0.05) is 42.7 Å². The third-order valence-electron chi connectivity index (χ3n) is 4.83. The molecular weight excluding hydrogens is 424 g/mol. The molecule has 2 heterocycles. The molecule has 0 atom stereocenters. The number of methoxy groups -OCH3 is 1. The molecule has 0 saturated carbocycles. The van der Waals surface area contributed by atoms with E-state index >= 15 is 0 Å². The minimum atomic E-state index is 0.0683. The molecule has 0 unspecified atom stereocenters. The maximum Gasteiger partial charge on any atom is 0.191 e. The standard InChI is InChI=1S/C21H25ClN4O3S/c1-14-11-18(15(2)26(14)9-10-28-4)19(27)13-30-21-24-23-20(25(21)3)12-29-17-7-5-16(22)6-8-17/h5-8,11H,9-10,12-13H2,1-4H3. The van der Waals surface area contributed by atoms with Gasteiger partial charge in [0.15, 0.2) is 16.8 Å². The minimum absolute atomic E-state index is 0.0683. The minimum Gasteiger partial charge on any atom is -0.486 e. The zero-order valence-electron chi connectivity index (χ0n) is 17.5. The van der Waals surface area contributed by atoms with Gasteiger partial charge in [-0.1, -0.05) is 23.4 Å². The number of rotatable bonds is 10. The number of benzene rings is 1. The highest BCUT2D eigenvalue weighted by Crippen LogP contribution is 2.22. The molecule has 3 rings (SSSR count). The molecule has 0 amide bonds. The number of aryl methyl sites for hydroxylation is 1. The fourth-order valence-corrected chi connectivity index (χ4v) is 4.03. The summed E-state index contributed by atoms with van der Waals surface area (Å²) in [7, 11) is 3.54. The summed E-state index contributed by atoms with van der Waals surface area (Å²) in [6.45, 7) is 5.59. The van der Waals surface area contributed by atoms with Crippen LogP contribution in [0.5, 0.6) is 5.75 Å². The van der Waals surface area contributed by atoms with E-state index < -0.39 is 0 Å². The highest BCUT2D eigenvalue weighted by molar-refractivity contribution is 7.99. The van der Waals surface area contributed by atoms with E-state index in [1.807, 2.05) is 31.5 Å². The quantitative estimate of drug-likeness (QED) is 0.343. The molecule has 0 spiro atoms. The monoisotopic (exact) mass is 448 g/mol. The summed E-state index contributed by atoms with van der Waals surface area (Å²) >= 11 is 7.25. The predicted octanol–water partition coefficient (Wildman–Crippen LogP) is 4.09. The Balaban J connectivity index is 1.60. The molecule has 7 nitrogen and oxygen atoms in total. The third-order valence-corrected chi connectivity index (χ3v) is 6.10. The molecule has 0 aliphatic carbocycles. The first kappa shape index (κ1) is 22.4. The maximum absolute atomic E-state index is 12.8. The molecule has 2 aromatic heterocycles. The zero-order valence-corrected chi connectivity index (χ0v) is 19.1. The highest BCUT2D eigenvalue weighted by Gasteiger charge is 2.18. The van der Waals surface area contributed by atoms with E-state index in [0.29, 0.717) is 34.1 Å². The lowest BCUT2D eigenvalue weighted by atomic mass is 10.2. The van der Waals surface area contributed by atoms with Gasteiger partial charge in [0.05, 0.1) is 12.4 Å². The van der Waals surface area contributed by atoms with Crippen LogP contribution in [0.3, 0.4) is 0 Å². The Hall–Kier alpha value is -2.29. The fourth-order valence-electron chi connectivity index (χ4n) is 3.09. The molecular formula is C21H25ClN4O3S. The number of nitrogens with zero attached hydrogens (tertiary/aromatic N) is 4. The van der Waals surface area contributed by atoms with Crippen LogP contribution in [0.25, 0.3) is 0 Å². The number of thioether (sulfide) groups is 1. The lowest BCUT2D eigenvalue weighted by Gasteiger charge is -2.09. The fraction of sp³-hybridized carbons (Fsp3) is 0.381. The first-order chi connectivity index (χ1) is 14.4. The number of aromatic nitrogens is 4. The van der Waals surface area contributed by atoms with E-state index in [0.717, 1.165) is 23.5 Å². The van der Waals surface area contributed by atoms with Crippen LogP contribution < -0.4 is 4.74 Å². The normalized spacial score (nSPS) is 11.1. The molecule has 30 heavy (non-hydrogen) atoms. The molecule has 3 aromatic rings. The largest absolute Gasteiger partial charge is 0.486 e. The van der Waals surface area contributed by atoms with E-state index in [4.69, 9.17) is 21.1 Å². The van der Waals surface area contributed by atoms with Crippen LogP contribution in [0, 0.1) is 13.8 Å². The summed E-state index contributed by atoms with van der Waals surface area (Å²) in [6, 6.07) is 9.08.